The van der Waals surface area contributed by atoms with Crippen LogP contribution in [0, 0.1) is 0 Å². The highest BCUT2D eigenvalue weighted by Crippen LogP contribution is 2.22. The van der Waals surface area contributed by atoms with Gasteiger partial charge in [0, 0.05) is 22.7 Å². The van der Waals surface area contributed by atoms with E-state index in [9.17, 15) is 4.79 Å². The molecule has 4 nitrogen and oxygen atoms in total. The number of nitrogens with one attached hydrogen (secondary N) is 1. The van der Waals surface area contributed by atoms with Gasteiger partial charge in [0.25, 0.3) is 5.91 Å². The molecule has 0 aliphatic rings. The summed E-state index contributed by atoms with van der Waals surface area (Å²) in [6, 6.07) is 22.2. The molecular formula is C22H20ClNO3. The molecule has 0 aromatic heterocycles. The average Bonchev–Trinajstić information content (AvgIpc) is 2.72. The van der Waals surface area contributed by atoms with Gasteiger partial charge >= 0.3 is 0 Å². The van der Waals surface area contributed by atoms with E-state index in [0.29, 0.717) is 29.5 Å². The zero-order valence-electron chi connectivity index (χ0n) is 14.9. The second-order valence-corrected chi connectivity index (χ2v) is 6.31. The third-order valence-electron chi connectivity index (χ3n) is 4.08. The predicted molar refractivity (Wildman–Crippen MR) is 106 cm³/mol. The number of ether oxygens (including phenoxy) is 2. The van der Waals surface area contributed by atoms with Crippen LogP contribution in [0.2, 0.25) is 5.02 Å². The Morgan fingerprint density at radius 2 is 1.70 bits per heavy atom. The van der Waals surface area contributed by atoms with E-state index in [1.54, 1.807) is 31.4 Å². The Bertz CT molecular complexity index is 912. The molecule has 1 amide bonds. The van der Waals surface area contributed by atoms with Crippen molar-refractivity contribution in [3.8, 4) is 11.5 Å². The first-order chi connectivity index (χ1) is 13.2. The van der Waals surface area contributed by atoms with E-state index in [2.05, 4.69) is 5.32 Å². The van der Waals surface area contributed by atoms with Crippen LogP contribution in [0.4, 0.5) is 0 Å². The zero-order chi connectivity index (χ0) is 19.1. The normalized spacial score (nSPS) is 10.3. The number of benzene rings is 3. The molecule has 3 rings (SSSR count). The Balaban J connectivity index is 1.70. The molecule has 0 saturated carbocycles. The molecule has 0 heterocycles. The van der Waals surface area contributed by atoms with Gasteiger partial charge in [-0.25, -0.2) is 0 Å². The molecule has 0 spiro atoms. The van der Waals surface area contributed by atoms with Crippen LogP contribution in [0.3, 0.4) is 0 Å². The molecule has 0 saturated heterocycles. The molecule has 0 bridgehead atoms. The van der Waals surface area contributed by atoms with Crippen molar-refractivity contribution in [2.45, 2.75) is 13.2 Å². The summed E-state index contributed by atoms with van der Waals surface area (Å²) in [6.07, 6.45) is 0. The van der Waals surface area contributed by atoms with Crippen molar-refractivity contribution in [2.75, 3.05) is 7.11 Å². The van der Waals surface area contributed by atoms with Gasteiger partial charge in [-0.15, -0.1) is 0 Å². The minimum absolute atomic E-state index is 0.182. The highest BCUT2D eigenvalue weighted by atomic mass is 35.5. The number of carbonyl (C=O) groups is 1. The summed E-state index contributed by atoms with van der Waals surface area (Å²) in [4.78, 5) is 12.5. The lowest BCUT2D eigenvalue weighted by atomic mass is 10.1. The van der Waals surface area contributed by atoms with Crippen molar-refractivity contribution >= 4 is 17.5 Å². The Kier molecular flexibility index (Phi) is 6.34. The van der Waals surface area contributed by atoms with E-state index in [1.165, 1.54) is 0 Å². The fraction of sp³-hybridized carbons (Fsp3) is 0.136. The Labute approximate surface area is 163 Å². The highest BCUT2D eigenvalue weighted by Gasteiger charge is 2.11. The standard InChI is InChI=1S/C22H20ClNO3/c1-26-21-12-11-16(13-18(21)15-27-19-8-3-2-4-9-19)22(25)24-14-17-7-5-6-10-20(17)23/h2-13H,14-15H2,1H3,(H,24,25). The van der Waals surface area contributed by atoms with Gasteiger partial charge in [-0.1, -0.05) is 48.0 Å². The van der Waals surface area contributed by atoms with Crippen molar-refractivity contribution in [1.29, 1.82) is 0 Å². The summed E-state index contributed by atoms with van der Waals surface area (Å²) in [6.45, 7) is 0.666. The number of rotatable bonds is 7. The lowest BCUT2D eigenvalue weighted by Gasteiger charge is -2.13. The number of carbonyl (C=O) groups excluding carboxylic acids is 1. The van der Waals surface area contributed by atoms with Crippen LogP contribution in [0.15, 0.2) is 72.8 Å². The second-order valence-electron chi connectivity index (χ2n) is 5.90. The Morgan fingerprint density at radius 3 is 2.44 bits per heavy atom. The zero-order valence-corrected chi connectivity index (χ0v) is 15.7. The lowest BCUT2D eigenvalue weighted by Crippen LogP contribution is -2.23. The van der Waals surface area contributed by atoms with Crippen LogP contribution < -0.4 is 14.8 Å². The van der Waals surface area contributed by atoms with E-state index < -0.39 is 0 Å². The smallest absolute Gasteiger partial charge is 0.251 e. The van der Waals surface area contributed by atoms with Crippen LogP contribution >= 0.6 is 11.6 Å². The van der Waals surface area contributed by atoms with E-state index in [1.807, 2.05) is 48.5 Å². The minimum atomic E-state index is -0.182. The summed E-state index contributed by atoms with van der Waals surface area (Å²) in [5.41, 5.74) is 2.20. The second kappa shape index (κ2) is 9.10. The molecule has 5 heteroatoms. The summed E-state index contributed by atoms with van der Waals surface area (Å²) in [5.74, 6) is 1.25. The summed E-state index contributed by atoms with van der Waals surface area (Å²) >= 11 is 6.13. The van der Waals surface area contributed by atoms with Gasteiger partial charge < -0.3 is 14.8 Å². The average molecular weight is 382 g/mol. The molecular weight excluding hydrogens is 362 g/mol. The Hall–Kier alpha value is -2.98. The molecule has 1 N–H and O–H groups in total. The molecule has 3 aromatic carbocycles. The number of hydrogen-bond donors (Lipinski definition) is 1. The molecule has 138 valence electrons. The van der Waals surface area contributed by atoms with Crippen molar-refractivity contribution in [3.63, 3.8) is 0 Å². The monoisotopic (exact) mass is 381 g/mol. The molecule has 0 aliphatic heterocycles. The van der Waals surface area contributed by atoms with Gasteiger partial charge in [0.05, 0.1) is 7.11 Å². The fourth-order valence-corrected chi connectivity index (χ4v) is 2.83. The molecule has 3 aromatic rings. The first kappa shape index (κ1) is 18.8. The quantitative estimate of drug-likeness (QED) is 0.636. The van der Waals surface area contributed by atoms with E-state index >= 15 is 0 Å². The minimum Gasteiger partial charge on any atom is -0.496 e. The number of amides is 1. The SMILES string of the molecule is COc1ccc(C(=O)NCc2ccccc2Cl)cc1COc1ccccc1. The number of methoxy groups -OCH3 is 1. The van der Waals surface area contributed by atoms with Crippen LogP contribution in [-0.4, -0.2) is 13.0 Å². The lowest BCUT2D eigenvalue weighted by molar-refractivity contribution is 0.0950. The van der Waals surface area contributed by atoms with Crippen molar-refractivity contribution in [2.24, 2.45) is 0 Å². The van der Waals surface area contributed by atoms with Gasteiger partial charge in [-0.2, -0.15) is 0 Å². The maximum atomic E-state index is 12.5. The molecule has 0 fully saturated rings. The van der Waals surface area contributed by atoms with Gasteiger partial charge in [-0.05, 0) is 42.0 Å². The molecule has 0 atom stereocenters. The first-order valence-corrected chi connectivity index (χ1v) is 8.91. The van der Waals surface area contributed by atoms with Crippen molar-refractivity contribution in [3.05, 3.63) is 94.5 Å². The molecule has 0 radical (unpaired) electrons. The van der Waals surface area contributed by atoms with Crippen LogP contribution in [0.5, 0.6) is 11.5 Å². The molecule has 27 heavy (non-hydrogen) atoms. The number of hydrogen-bond acceptors (Lipinski definition) is 3. The first-order valence-electron chi connectivity index (χ1n) is 8.54. The van der Waals surface area contributed by atoms with E-state index in [4.69, 9.17) is 21.1 Å². The van der Waals surface area contributed by atoms with Gasteiger partial charge in [0.15, 0.2) is 0 Å². The van der Waals surface area contributed by atoms with Crippen LogP contribution in [0.1, 0.15) is 21.5 Å². The maximum Gasteiger partial charge on any atom is 0.251 e. The highest BCUT2D eigenvalue weighted by molar-refractivity contribution is 6.31. The van der Waals surface area contributed by atoms with Gasteiger partial charge in [-0.3, -0.25) is 4.79 Å². The fourth-order valence-electron chi connectivity index (χ4n) is 2.63. The van der Waals surface area contributed by atoms with Gasteiger partial charge in [0.2, 0.25) is 0 Å². The van der Waals surface area contributed by atoms with Crippen molar-refractivity contribution < 1.29 is 14.3 Å². The largest absolute Gasteiger partial charge is 0.496 e. The molecule has 0 aliphatic carbocycles. The summed E-state index contributed by atoms with van der Waals surface area (Å²) < 4.78 is 11.2. The van der Waals surface area contributed by atoms with Crippen LogP contribution in [0.25, 0.3) is 0 Å². The van der Waals surface area contributed by atoms with Crippen LogP contribution in [-0.2, 0) is 13.2 Å². The summed E-state index contributed by atoms with van der Waals surface area (Å²) in [5, 5.41) is 3.52. The van der Waals surface area contributed by atoms with Crippen molar-refractivity contribution in [1.82, 2.24) is 5.32 Å². The third-order valence-corrected chi connectivity index (χ3v) is 4.45. The van der Waals surface area contributed by atoms with E-state index in [0.717, 1.165) is 16.9 Å². The number of para-hydroxylation sites is 1. The maximum absolute atomic E-state index is 12.5. The third kappa shape index (κ3) is 5.02. The number of halogens is 1. The molecule has 0 unspecified atom stereocenters. The predicted octanol–water partition coefficient (Wildman–Crippen LogP) is 4.86. The van der Waals surface area contributed by atoms with E-state index in [-0.39, 0.29) is 5.91 Å². The Morgan fingerprint density at radius 1 is 0.963 bits per heavy atom. The topological polar surface area (TPSA) is 47.6 Å². The van der Waals surface area contributed by atoms with Gasteiger partial charge in [0.1, 0.15) is 18.1 Å². The summed E-state index contributed by atoms with van der Waals surface area (Å²) in [7, 11) is 1.60.